The Labute approximate surface area is 165 Å². The van der Waals surface area contributed by atoms with E-state index in [1.165, 1.54) is 91.8 Å². The summed E-state index contributed by atoms with van der Waals surface area (Å²) in [6.45, 7) is 9.48. The van der Waals surface area contributed by atoms with Gasteiger partial charge in [-0.3, -0.25) is 4.79 Å². The number of carbonyl (C=O) groups excluding carboxylic acids is 1. The average Bonchev–Trinajstić information content (AvgIpc) is 2.61. The number of carbonyl (C=O) groups is 1. The zero-order valence-corrected chi connectivity index (χ0v) is 18.3. The molecule has 0 spiro atoms. The molecular formula is C23H39NOS. The summed E-state index contributed by atoms with van der Waals surface area (Å²) >= 11 is 1.39. The van der Waals surface area contributed by atoms with Crippen LogP contribution in [-0.2, 0) is 5.75 Å². The lowest BCUT2D eigenvalue weighted by molar-refractivity contribution is 0.260. The molecule has 0 aliphatic carbocycles. The van der Waals surface area contributed by atoms with E-state index >= 15 is 0 Å². The quantitative estimate of drug-likeness (QED) is 0.361. The molecule has 0 radical (unpaired) electrons. The molecular weight excluding hydrogens is 338 g/mol. The van der Waals surface area contributed by atoms with Gasteiger partial charge in [0.1, 0.15) is 0 Å². The van der Waals surface area contributed by atoms with Crippen LogP contribution in [0.1, 0.15) is 93.4 Å². The van der Waals surface area contributed by atoms with Crippen LogP contribution >= 0.6 is 11.8 Å². The third-order valence-electron chi connectivity index (χ3n) is 5.11. The summed E-state index contributed by atoms with van der Waals surface area (Å²) in [6.07, 6.45) is 13.3. The third-order valence-corrected chi connectivity index (χ3v) is 5.97. The van der Waals surface area contributed by atoms with Gasteiger partial charge in [0.25, 0.3) is 5.24 Å². The van der Waals surface area contributed by atoms with Gasteiger partial charge in [-0.15, -0.1) is 0 Å². The zero-order valence-electron chi connectivity index (χ0n) is 17.5. The summed E-state index contributed by atoms with van der Waals surface area (Å²) in [7, 11) is 0. The van der Waals surface area contributed by atoms with Crippen LogP contribution in [0.15, 0.2) is 12.1 Å². The lowest BCUT2D eigenvalue weighted by Crippen LogP contribution is -2.20. The fourth-order valence-corrected chi connectivity index (χ4v) is 3.97. The van der Waals surface area contributed by atoms with Crippen LogP contribution in [0.2, 0.25) is 0 Å². The maximum absolute atomic E-state index is 12.0. The summed E-state index contributed by atoms with van der Waals surface area (Å²) in [5.41, 5.74) is 5.17. The molecule has 1 amide bonds. The molecule has 0 saturated carbocycles. The van der Waals surface area contributed by atoms with Crippen LogP contribution in [0.25, 0.3) is 0 Å². The first-order chi connectivity index (χ1) is 12.5. The largest absolute Gasteiger partial charge is 0.347 e. The monoisotopic (exact) mass is 377 g/mol. The first-order valence-corrected chi connectivity index (χ1v) is 11.5. The number of hydrogen-bond acceptors (Lipinski definition) is 2. The highest BCUT2D eigenvalue weighted by molar-refractivity contribution is 8.12. The molecule has 0 aliphatic heterocycles. The standard InChI is InChI=1S/C23H39NOS/c1-5-6-7-8-9-10-11-12-13-14-15-24-23(25)26-18-22-17-20(3)19(2)16-21(22)4/h16-17H,5-15,18H2,1-4H3,(H,24,25). The molecule has 0 aromatic heterocycles. The molecule has 3 heteroatoms. The van der Waals surface area contributed by atoms with E-state index in [1.807, 2.05) is 0 Å². The Kier molecular flexibility index (Phi) is 12.6. The van der Waals surface area contributed by atoms with Crippen molar-refractivity contribution in [1.29, 1.82) is 0 Å². The minimum Gasteiger partial charge on any atom is -0.347 e. The highest BCUT2D eigenvalue weighted by Gasteiger charge is 2.06. The van der Waals surface area contributed by atoms with Crippen molar-refractivity contribution < 1.29 is 4.79 Å². The van der Waals surface area contributed by atoms with Gasteiger partial charge in [0, 0.05) is 12.3 Å². The first kappa shape index (κ1) is 23.1. The van der Waals surface area contributed by atoms with Crippen LogP contribution in [0.3, 0.4) is 0 Å². The third kappa shape index (κ3) is 10.3. The number of rotatable bonds is 13. The lowest BCUT2D eigenvalue weighted by atomic mass is 10.0. The fourth-order valence-electron chi connectivity index (χ4n) is 3.17. The molecule has 0 fully saturated rings. The van der Waals surface area contributed by atoms with E-state index in [0.29, 0.717) is 0 Å². The van der Waals surface area contributed by atoms with Gasteiger partial charge in [-0.05, 0) is 49.4 Å². The Morgan fingerprint density at radius 1 is 0.808 bits per heavy atom. The molecule has 0 atom stereocenters. The molecule has 0 bridgehead atoms. The van der Waals surface area contributed by atoms with Crippen molar-refractivity contribution >= 4 is 17.0 Å². The molecule has 1 N–H and O–H groups in total. The maximum Gasteiger partial charge on any atom is 0.279 e. The Hall–Kier alpha value is -0.960. The molecule has 0 aliphatic rings. The molecule has 0 heterocycles. The normalized spacial score (nSPS) is 10.9. The summed E-state index contributed by atoms with van der Waals surface area (Å²) in [5.74, 6) is 0.761. The number of unbranched alkanes of at least 4 members (excludes halogenated alkanes) is 9. The Bertz CT molecular complexity index is 527. The maximum atomic E-state index is 12.0. The Balaban J connectivity index is 2.01. The summed E-state index contributed by atoms with van der Waals surface area (Å²) in [5, 5.41) is 3.16. The Morgan fingerprint density at radius 2 is 1.35 bits per heavy atom. The number of nitrogens with one attached hydrogen (secondary N) is 1. The van der Waals surface area contributed by atoms with Gasteiger partial charge < -0.3 is 5.32 Å². The van der Waals surface area contributed by atoms with Crippen LogP contribution in [0, 0.1) is 20.8 Å². The van der Waals surface area contributed by atoms with Crippen LogP contribution in [0.4, 0.5) is 4.79 Å². The van der Waals surface area contributed by atoms with Gasteiger partial charge in [0.05, 0.1) is 0 Å². The van der Waals surface area contributed by atoms with E-state index < -0.39 is 0 Å². The highest BCUT2D eigenvalue weighted by Crippen LogP contribution is 2.20. The zero-order chi connectivity index (χ0) is 19.2. The van der Waals surface area contributed by atoms with Crippen molar-refractivity contribution in [2.24, 2.45) is 0 Å². The molecule has 26 heavy (non-hydrogen) atoms. The smallest absolute Gasteiger partial charge is 0.279 e. The molecule has 0 saturated heterocycles. The van der Waals surface area contributed by atoms with Gasteiger partial charge >= 0.3 is 0 Å². The van der Waals surface area contributed by atoms with Gasteiger partial charge in [-0.2, -0.15) is 0 Å². The van der Waals surface area contributed by atoms with E-state index in [9.17, 15) is 4.79 Å². The van der Waals surface area contributed by atoms with E-state index in [-0.39, 0.29) is 5.24 Å². The minimum atomic E-state index is 0.110. The van der Waals surface area contributed by atoms with E-state index in [4.69, 9.17) is 0 Å². The first-order valence-electron chi connectivity index (χ1n) is 10.5. The molecule has 1 rings (SSSR count). The van der Waals surface area contributed by atoms with Crippen LogP contribution in [-0.4, -0.2) is 11.8 Å². The summed E-state index contributed by atoms with van der Waals surface area (Å²) in [6, 6.07) is 4.43. The summed E-state index contributed by atoms with van der Waals surface area (Å²) in [4.78, 5) is 12.0. The minimum absolute atomic E-state index is 0.110. The second kappa shape index (κ2) is 14.1. The van der Waals surface area contributed by atoms with Crippen molar-refractivity contribution in [3.05, 3.63) is 34.4 Å². The number of aryl methyl sites for hydroxylation is 3. The molecule has 1 aromatic rings. The molecule has 1 aromatic carbocycles. The van der Waals surface area contributed by atoms with Crippen molar-refractivity contribution in [2.75, 3.05) is 6.54 Å². The summed E-state index contributed by atoms with van der Waals surface area (Å²) < 4.78 is 0. The molecule has 2 nitrogen and oxygen atoms in total. The number of benzene rings is 1. The average molecular weight is 378 g/mol. The number of thioether (sulfide) groups is 1. The SMILES string of the molecule is CCCCCCCCCCCCNC(=O)SCc1cc(C)c(C)cc1C. The van der Waals surface area contributed by atoms with Crippen molar-refractivity contribution in [1.82, 2.24) is 5.32 Å². The predicted octanol–water partition coefficient (Wildman–Crippen LogP) is 7.48. The van der Waals surface area contributed by atoms with E-state index in [2.05, 4.69) is 45.1 Å². The predicted molar refractivity (Wildman–Crippen MR) is 117 cm³/mol. The van der Waals surface area contributed by atoms with E-state index in [1.54, 1.807) is 0 Å². The van der Waals surface area contributed by atoms with Crippen LogP contribution in [0.5, 0.6) is 0 Å². The second-order valence-electron chi connectivity index (χ2n) is 7.55. The number of amides is 1. The topological polar surface area (TPSA) is 29.1 Å². The van der Waals surface area contributed by atoms with Crippen molar-refractivity contribution in [2.45, 2.75) is 97.7 Å². The van der Waals surface area contributed by atoms with Crippen LogP contribution < -0.4 is 5.32 Å². The van der Waals surface area contributed by atoms with Crippen molar-refractivity contribution in [3.63, 3.8) is 0 Å². The van der Waals surface area contributed by atoms with Gasteiger partial charge in [0.15, 0.2) is 0 Å². The van der Waals surface area contributed by atoms with Gasteiger partial charge in [-0.1, -0.05) is 88.6 Å². The highest BCUT2D eigenvalue weighted by atomic mass is 32.2. The second-order valence-corrected chi connectivity index (χ2v) is 8.50. The lowest BCUT2D eigenvalue weighted by Gasteiger charge is -2.10. The number of hydrogen-bond donors (Lipinski definition) is 1. The Morgan fingerprint density at radius 3 is 1.96 bits per heavy atom. The fraction of sp³-hybridized carbons (Fsp3) is 0.696. The van der Waals surface area contributed by atoms with E-state index in [0.717, 1.165) is 18.7 Å². The van der Waals surface area contributed by atoms with Crippen molar-refractivity contribution in [3.8, 4) is 0 Å². The molecule has 148 valence electrons. The van der Waals surface area contributed by atoms with Gasteiger partial charge in [-0.25, -0.2) is 0 Å². The molecule has 0 unspecified atom stereocenters. The van der Waals surface area contributed by atoms with Gasteiger partial charge in [0.2, 0.25) is 0 Å².